The molecule has 27 heavy (non-hydrogen) atoms. The minimum Gasteiger partial charge on any atom is -0.357 e. The van der Waals surface area contributed by atoms with Crippen molar-refractivity contribution in [2.75, 3.05) is 58.9 Å². The van der Waals surface area contributed by atoms with Crippen LogP contribution in [0.5, 0.6) is 0 Å². The number of nitrogens with zero attached hydrogens (tertiary/aromatic N) is 4. The van der Waals surface area contributed by atoms with Crippen LogP contribution in [0.4, 0.5) is 0 Å². The van der Waals surface area contributed by atoms with Crippen LogP contribution in [0, 0.1) is 11.3 Å². The van der Waals surface area contributed by atoms with Gasteiger partial charge in [-0.05, 0) is 31.6 Å². The van der Waals surface area contributed by atoms with Crippen LogP contribution in [0.25, 0.3) is 0 Å². The third-order valence-electron chi connectivity index (χ3n) is 6.13. The maximum Gasteiger partial charge on any atom is 0.225 e. The molecule has 6 nitrogen and oxygen atoms in total. The number of hydrogen-bond donors (Lipinski definition) is 1. The maximum absolute atomic E-state index is 12.3. The van der Waals surface area contributed by atoms with Crippen LogP contribution in [0.1, 0.15) is 46.5 Å². The Balaban J connectivity index is 0.00000261. The van der Waals surface area contributed by atoms with Crippen LogP contribution < -0.4 is 5.32 Å². The molecule has 3 fully saturated rings. The highest BCUT2D eigenvalue weighted by atomic mass is 127. The normalized spacial score (nSPS) is 23.7. The third-order valence-corrected chi connectivity index (χ3v) is 6.13. The molecule has 0 unspecified atom stereocenters. The van der Waals surface area contributed by atoms with Gasteiger partial charge in [0.25, 0.3) is 0 Å². The van der Waals surface area contributed by atoms with Gasteiger partial charge in [0.1, 0.15) is 0 Å². The number of carbonyl (C=O) groups excluding carboxylic acids is 1. The molecule has 3 rings (SSSR count). The topological polar surface area (TPSA) is 51.2 Å². The van der Waals surface area contributed by atoms with E-state index in [4.69, 9.17) is 4.99 Å². The molecule has 1 amide bonds. The molecule has 2 heterocycles. The second-order valence-corrected chi connectivity index (χ2v) is 8.87. The lowest BCUT2D eigenvalue weighted by Gasteiger charge is -2.38. The van der Waals surface area contributed by atoms with Crippen molar-refractivity contribution in [1.82, 2.24) is 20.0 Å². The number of hydrogen-bond acceptors (Lipinski definition) is 3. The Kier molecular flexibility index (Phi) is 8.65. The molecule has 7 heteroatoms. The predicted molar refractivity (Wildman–Crippen MR) is 122 cm³/mol. The van der Waals surface area contributed by atoms with Crippen LogP contribution in [-0.4, -0.2) is 85.5 Å². The SMILES string of the molecule is CCNC(=NCCN1CCN(C(=O)C2CCC2)CC1)N1CCC(C)(C)C1.I. The number of halogens is 1. The van der Waals surface area contributed by atoms with Gasteiger partial charge in [-0.1, -0.05) is 20.3 Å². The molecule has 0 aromatic carbocycles. The summed E-state index contributed by atoms with van der Waals surface area (Å²) in [6.07, 6.45) is 4.67. The van der Waals surface area contributed by atoms with E-state index in [-0.39, 0.29) is 24.0 Å². The summed E-state index contributed by atoms with van der Waals surface area (Å²) < 4.78 is 0. The Hall–Kier alpha value is -0.570. The summed E-state index contributed by atoms with van der Waals surface area (Å²) in [5.41, 5.74) is 0.388. The van der Waals surface area contributed by atoms with Crippen molar-refractivity contribution in [3.05, 3.63) is 0 Å². The van der Waals surface area contributed by atoms with Gasteiger partial charge in [-0.15, -0.1) is 24.0 Å². The number of aliphatic imine (C=N–C) groups is 1. The lowest BCUT2D eigenvalue weighted by Crippen LogP contribution is -2.51. The van der Waals surface area contributed by atoms with Gasteiger partial charge in [0.05, 0.1) is 6.54 Å². The van der Waals surface area contributed by atoms with Crippen LogP contribution >= 0.6 is 24.0 Å². The highest BCUT2D eigenvalue weighted by Gasteiger charge is 2.32. The van der Waals surface area contributed by atoms with E-state index in [1.807, 2.05) is 0 Å². The zero-order chi connectivity index (χ0) is 18.6. The maximum atomic E-state index is 12.3. The quantitative estimate of drug-likeness (QED) is 0.364. The molecule has 156 valence electrons. The number of nitrogens with one attached hydrogen (secondary N) is 1. The number of likely N-dealkylation sites (tertiary alicyclic amines) is 1. The average molecular weight is 491 g/mol. The molecule has 0 radical (unpaired) electrons. The van der Waals surface area contributed by atoms with E-state index in [1.165, 1.54) is 12.8 Å². The van der Waals surface area contributed by atoms with Gasteiger partial charge >= 0.3 is 0 Å². The standard InChI is InChI=1S/C20H37N5O.HI/c1-4-21-19(25-10-8-20(2,3)16-25)22-9-11-23-12-14-24(15-13-23)18(26)17-6-5-7-17;/h17H,4-16H2,1-3H3,(H,21,22);1H. The molecule has 3 aliphatic rings. The molecule has 2 aliphatic heterocycles. The highest BCUT2D eigenvalue weighted by Crippen LogP contribution is 2.29. The van der Waals surface area contributed by atoms with Crippen LogP contribution in [-0.2, 0) is 4.79 Å². The highest BCUT2D eigenvalue weighted by molar-refractivity contribution is 14.0. The zero-order valence-corrected chi connectivity index (χ0v) is 19.7. The first kappa shape index (κ1) is 22.7. The van der Waals surface area contributed by atoms with E-state index >= 15 is 0 Å². The average Bonchev–Trinajstić information content (AvgIpc) is 2.93. The predicted octanol–water partition coefficient (Wildman–Crippen LogP) is 2.25. The van der Waals surface area contributed by atoms with Crippen molar-refractivity contribution < 1.29 is 4.79 Å². The fraction of sp³-hybridized carbons (Fsp3) is 0.900. The zero-order valence-electron chi connectivity index (χ0n) is 17.4. The molecule has 0 spiro atoms. The van der Waals surface area contributed by atoms with Crippen molar-refractivity contribution in [2.45, 2.75) is 46.5 Å². The van der Waals surface area contributed by atoms with Gasteiger partial charge in [0.2, 0.25) is 5.91 Å². The summed E-state index contributed by atoms with van der Waals surface area (Å²) >= 11 is 0. The molecular weight excluding hydrogens is 453 g/mol. The van der Waals surface area contributed by atoms with E-state index in [0.29, 0.717) is 17.2 Å². The third kappa shape index (κ3) is 6.21. The molecule has 1 saturated carbocycles. The Labute approximate surface area is 182 Å². The monoisotopic (exact) mass is 491 g/mol. The van der Waals surface area contributed by atoms with E-state index < -0.39 is 0 Å². The van der Waals surface area contributed by atoms with Gasteiger partial charge in [-0.3, -0.25) is 14.7 Å². The van der Waals surface area contributed by atoms with Crippen LogP contribution in [0.15, 0.2) is 4.99 Å². The Morgan fingerprint density at radius 3 is 2.33 bits per heavy atom. The second-order valence-electron chi connectivity index (χ2n) is 8.87. The van der Waals surface area contributed by atoms with E-state index in [0.717, 1.165) is 77.7 Å². The lowest BCUT2D eigenvalue weighted by molar-refractivity contribution is -0.139. The molecule has 0 aromatic heterocycles. The second kappa shape index (κ2) is 10.3. The van der Waals surface area contributed by atoms with Gasteiger partial charge in [0.15, 0.2) is 5.96 Å². The number of rotatable bonds is 5. The molecule has 1 aliphatic carbocycles. The summed E-state index contributed by atoms with van der Waals surface area (Å²) in [6.45, 7) is 15.5. The van der Waals surface area contributed by atoms with E-state index in [2.05, 4.69) is 40.8 Å². The molecule has 0 aromatic rings. The largest absolute Gasteiger partial charge is 0.357 e. The van der Waals surface area contributed by atoms with Gasteiger partial charge < -0.3 is 15.1 Å². The molecule has 1 N–H and O–H groups in total. The smallest absolute Gasteiger partial charge is 0.225 e. The fourth-order valence-electron chi connectivity index (χ4n) is 4.12. The molecule has 0 bridgehead atoms. The Bertz CT molecular complexity index is 513. The van der Waals surface area contributed by atoms with Gasteiger partial charge in [-0.25, -0.2) is 0 Å². The Morgan fingerprint density at radius 1 is 1.11 bits per heavy atom. The molecule has 2 saturated heterocycles. The minimum absolute atomic E-state index is 0. The summed E-state index contributed by atoms with van der Waals surface area (Å²) in [7, 11) is 0. The van der Waals surface area contributed by atoms with E-state index in [9.17, 15) is 4.79 Å². The Morgan fingerprint density at radius 2 is 1.81 bits per heavy atom. The number of carbonyl (C=O) groups is 1. The first-order valence-electron chi connectivity index (χ1n) is 10.5. The van der Waals surface area contributed by atoms with Crippen molar-refractivity contribution >= 4 is 35.8 Å². The van der Waals surface area contributed by atoms with Crippen LogP contribution in [0.2, 0.25) is 0 Å². The fourth-order valence-corrected chi connectivity index (χ4v) is 4.12. The summed E-state index contributed by atoms with van der Waals surface area (Å²) in [6, 6.07) is 0. The summed E-state index contributed by atoms with van der Waals surface area (Å²) in [5, 5.41) is 3.45. The number of amides is 1. The first-order valence-corrected chi connectivity index (χ1v) is 10.5. The molecule has 0 atom stereocenters. The minimum atomic E-state index is 0. The summed E-state index contributed by atoms with van der Waals surface area (Å²) in [4.78, 5) is 24.1. The van der Waals surface area contributed by atoms with Crippen LogP contribution in [0.3, 0.4) is 0 Å². The van der Waals surface area contributed by atoms with Crippen molar-refractivity contribution in [3.63, 3.8) is 0 Å². The summed E-state index contributed by atoms with van der Waals surface area (Å²) in [5.74, 6) is 1.80. The van der Waals surface area contributed by atoms with Crippen molar-refractivity contribution in [2.24, 2.45) is 16.3 Å². The number of guanidine groups is 1. The first-order chi connectivity index (χ1) is 12.5. The van der Waals surface area contributed by atoms with Crippen molar-refractivity contribution in [3.8, 4) is 0 Å². The number of piperazine rings is 1. The molecular formula is C20H38IN5O. The van der Waals surface area contributed by atoms with Gasteiger partial charge in [0, 0.05) is 58.3 Å². The lowest BCUT2D eigenvalue weighted by atomic mass is 9.84. The van der Waals surface area contributed by atoms with E-state index in [1.54, 1.807) is 0 Å². The van der Waals surface area contributed by atoms with Gasteiger partial charge in [-0.2, -0.15) is 0 Å². The van der Waals surface area contributed by atoms with Crippen molar-refractivity contribution in [1.29, 1.82) is 0 Å².